The van der Waals surface area contributed by atoms with Gasteiger partial charge in [-0.05, 0) is 43.9 Å². The van der Waals surface area contributed by atoms with E-state index in [1.54, 1.807) is 0 Å². The molecule has 15 heavy (non-hydrogen) atoms. The Hall–Kier alpha value is -0.820. The van der Waals surface area contributed by atoms with Crippen LogP contribution in [-0.4, -0.2) is 6.54 Å². The second-order valence-electron chi connectivity index (χ2n) is 4.63. The van der Waals surface area contributed by atoms with Gasteiger partial charge in [-0.2, -0.15) is 0 Å². The van der Waals surface area contributed by atoms with Crippen molar-refractivity contribution < 1.29 is 0 Å². The summed E-state index contributed by atoms with van der Waals surface area (Å²) in [5, 5.41) is 3.74. The minimum absolute atomic E-state index is 0.254. The predicted molar refractivity (Wildman–Crippen MR) is 65.0 cm³/mol. The van der Waals surface area contributed by atoms with E-state index in [1.165, 1.54) is 43.4 Å². The smallest absolute Gasteiger partial charge is 0.0434 e. The van der Waals surface area contributed by atoms with Gasteiger partial charge in [0, 0.05) is 5.54 Å². The summed E-state index contributed by atoms with van der Waals surface area (Å²) in [6, 6.07) is 8.81. The van der Waals surface area contributed by atoms with E-state index >= 15 is 0 Å². The first-order valence-corrected chi connectivity index (χ1v) is 6.10. The Morgan fingerprint density at radius 2 is 2.07 bits per heavy atom. The molecule has 1 saturated heterocycles. The second kappa shape index (κ2) is 4.36. The third-order valence-corrected chi connectivity index (χ3v) is 3.76. The van der Waals surface area contributed by atoms with Crippen molar-refractivity contribution in [2.75, 3.05) is 6.54 Å². The van der Waals surface area contributed by atoms with Crippen molar-refractivity contribution in [1.82, 2.24) is 5.32 Å². The van der Waals surface area contributed by atoms with E-state index < -0.39 is 0 Å². The molecular formula is C14H21N. The van der Waals surface area contributed by atoms with E-state index in [1.807, 2.05) is 0 Å². The molecule has 1 N–H and O–H groups in total. The standard InChI is InChI=1S/C14H21N/c1-3-14(10-6-7-11-15-14)13-9-5-4-8-12(13)2/h4-5,8-9,15H,3,6-7,10-11H2,1-2H3. The summed E-state index contributed by atoms with van der Waals surface area (Å²) < 4.78 is 0. The lowest BCUT2D eigenvalue weighted by Gasteiger charge is -2.39. The first-order valence-electron chi connectivity index (χ1n) is 6.10. The lowest BCUT2D eigenvalue weighted by atomic mass is 9.78. The number of rotatable bonds is 2. The van der Waals surface area contributed by atoms with Crippen molar-refractivity contribution in [2.45, 2.75) is 45.1 Å². The van der Waals surface area contributed by atoms with Crippen LogP contribution in [0, 0.1) is 6.92 Å². The Morgan fingerprint density at radius 1 is 1.27 bits per heavy atom. The maximum Gasteiger partial charge on any atom is 0.0434 e. The number of piperidine rings is 1. The van der Waals surface area contributed by atoms with Crippen LogP contribution >= 0.6 is 0 Å². The number of aryl methyl sites for hydroxylation is 1. The summed E-state index contributed by atoms with van der Waals surface area (Å²) in [6.07, 6.45) is 5.16. The zero-order valence-corrected chi connectivity index (χ0v) is 9.84. The molecule has 0 spiro atoms. The minimum Gasteiger partial charge on any atom is -0.307 e. The molecule has 0 bridgehead atoms. The summed E-state index contributed by atoms with van der Waals surface area (Å²) in [5.74, 6) is 0. The lowest BCUT2D eigenvalue weighted by Crippen LogP contribution is -2.45. The Balaban J connectivity index is 2.36. The fourth-order valence-electron chi connectivity index (χ4n) is 2.80. The number of nitrogens with one attached hydrogen (secondary N) is 1. The fourth-order valence-corrected chi connectivity index (χ4v) is 2.80. The van der Waals surface area contributed by atoms with Gasteiger partial charge in [0.2, 0.25) is 0 Å². The van der Waals surface area contributed by atoms with Gasteiger partial charge >= 0.3 is 0 Å². The SMILES string of the molecule is CCC1(c2ccccc2C)CCCCN1. The Bertz CT molecular complexity index is 324. The molecule has 1 aliphatic heterocycles. The highest BCUT2D eigenvalue weighted by Gasteiger charge is 2.32. The van der Waals surface area contributed by atoms with Crippen LogP contribution < -0.4 is 5.32 Å². The minimum atomic E-state index is 0.254. The van der Waals surface area contributed by atoms with Crippen LogP contribution in [0.25, 0.3) is 0 Å². The Kier molecular flexibility index (Phi) is 3.11. The summed E-state index contributed by atoms with van der Waals surface area (Å²) in [4.78, 5) is 0. The van der Waals surface area contributed by atoms with E-state index in [-0.39, 0.29) is 5.54 Å². The topological polar surface area (TPSA) is 12.0 Å². The van der Waals surface area contributed by atoms with Crippen molar-refractivity contribution >= 4 is 0 Å². The monoisotopic (exact) mass is 203 g/mol. The molecule has 1 aliphatic rings. The normalized spacial score (nSPS) is 26.5. The van der Waals surface area contributed by atoms with Gasteiger partial charge in [0.05, 0.1) is 0 Å². The molecule has 0 aromatic heterocycles. The van der Waals surface area contributed by atoms with Crippen molar-refractivity contribution in [2.24, 2.45) is 0 Å². The summed E-state index contributed by atoms with van der Waals surface area (Å²) in [6.45, 7) is 5.69. The van der Waals surface area contributed by atoms with Gasteiger partial charge < -0.3 is 5.32 Å². The van der Waals surface area contributed by atoms with E-state index in [0.717, 1.165) is 0 Å². The molecule has 0 aliphatic carbocycles. The van der Waals surface area contributed by atoms with Gasteiger partial charge in [-0.15, -0.1) is 0 Å². The summed E-state index contributed by atoms with van der Waals surface area (Å²) in [7, 11) is 0. The molecule has 82 valence electrons. The number of benzene rings is 1. The van der Waals surface area contributed by atoms with Gasteiger partial charge in [0.15, 0.2) is 0 Å². The number of hydrogen-bond donors (Lipinski definition) is 1. The molecule has 1 nitrogen and oxygen atoms in total. The maximum absolute atomic E-state index is 3.74. The highest BCUT2D eigenvalue weighted by atomic mass is 15.0. The van der Waals surface area contributed by atoms with Crippen LogP contribution in [0.5, 0.6) is 0 Å². The molecule has 1 fully saturated rings. The van der Waals surface area contributed by atoms with Crippen LogP contribution in [0.2, 0.25) is 0 Å². The molecule has 0 saturated carbocycles. The van der Waals surface area contributed by atoms with Gasteiger partial charge in [0.25, 0.3) is 0 Å². The average molecular weight is 203 g/mol. The zero-order valence-electron chi connectivity index (χ0n) is 9.84. The van der Waals surface area contributed by atoms with Crippen LogP contribution in [-0.2, 0) is 5.54 Å². The first-order chi connectivity index (χ1) is 7.28. The van der Waals surface area contributed by atoms with Crippen LogP contribution in [0.1, 0.15) is 43.7 Å². The first kappa shape index (κ1) is 10.7. The average Bonchev–Trinajstić information content (AvgIpc) is 2.30. The molecule has 1 aromatic rings. The summed E-state index contributed by atoms with van der Waals surface area (Å²) >= 11 is 0. The molecule has 1 heteroatoms. The fraction of sp³-hybridized carbons (Fsp3) is 0.571. The quantitative estimate of drug-likeness (QED) is 0.777. The van der Waals surface area contributed by atoms with E-state index in [4.69, 9.17) is 0 Å². The molecular weight excluding hydrogens is 182 g/mol. The zero-order chi connectivity index (χ0) is 10.7. The van der Waals surface area contributed by atoms with Crippen LogP contribution in [0.3, 0.4) is 0 Å². The highest BCUT2D eigenvalue weighted by Crippen LogP contribution is 2.34. The van der Waals surface area contributed by atoms with Gasteiger partial charge in [0.1, 0.15) is 0 Å². The van der Waals surface area contributed by atoms with Crippen molar-refractivity contribution in [3.05, 3.63) is 35.4 Å². The maximum atomic E-state index is 3.74. The molecule has 0 radical (unpaired) electrons. The second-order valence-corrected chi connectivity index (χ2v) is 4.63. The number of hydrogen-bond acceptors (Lipinski definition) is 1. The summed E-state index contributed by atoms with van der Waals surface area (Å²) in [5.41, 5.74) is 3.19. The molecule has 1 heterocycles. The van der Waals surface area contributed by atoms with E-state index in [9.17, 15) is 0 Å². The van der Waals surface area contributed by atoms with Gasteiger partial charge in [-0.25, -0.2) is 0 Å². The van der Waals surface area contributed by atoms with E-state index in [0.29, 0.717) is 0 Å². The van der Waals surface area contributed by atoms with Gasteiger partial charge in [-0.3, -0.25) is 0 Å². The Labute approximate surface area is 92.9 Å². The van der Waals surface area contributed by atoms with Crippen LogP contribution in [0.4, 0.5) is 0 Å². The molecule has 2 rings (SSSR count). The largest absolute Gasteiger partial charge is 0.307 e. The Morgan fingerprint density at radius 3 is 2.67 bits per heavy atom. The van der Waals surface area contributed by atoms with Crippen molar-refractivity contribution in [3.63, 3.8) is 0 Å². The van der Waals surface area contributed by atoms with E-state index in [2.05, 4.69) is 43.4 Å². The molecule has 0 amide bonds. The third-order valence-electron chi connectivity index (χ3n) is 3.76. The predicted octanol–water partition coefficient (Wildman–Crippen LogP) is 3.37. The molecule has 1 aromatic carbocycles. The molecule has 1 atom stereocenters. The molecule has 1 unspecified atom stereocenters. The van der Waals surface area contributed by atoms with Crippen molar-refractivity contribution in [3.8, 4) is 0 Å². The lowest BCUT2D eigenvalue weighted by molar-refractivity contribution is 0.247. The van der Waals surface area contributed by atoms with Gasteiger partial charge in [-0.1, -0.05) is 37.6 Å². The van der Waals surface area contributed by atoms with Crippen molar-refractivity contribution in [1.29, 1.82) is 0 Å². The third kappa shape index (κ3) is 1.93. The highest BCUT2D eigenvalue weighted by molar-refractivity contribution is 5.33. The van der Waals surface area contributed by atoms with Crippen LogP contribution in [0.15, 0.2) is 24.3 Å².